The average Bonchev–Trinajstić information content (AvgIpc) is 2.97. The van der Waals surface area contributed by atoms with Crippen LogP contribution in [0.15, 0.2) is 9.90 Å². The molecule has 1 atom stereocenters. The van der Waals surface area contributed by atoms with Crippen molar-refractivity contribution in [3.8, 4) is 0 Å². The summed E-state index contributed by atoms with van der Waals surface area (Å²) in [7, 11) is 0. The van der Waals surface area contributed by atoms with Crippen LogP contribution in [0.4, 0.5) is 0 Å². The molecule has 0 bridgehead atoms. The monoisotopic (exact) mass is 280 g/mol. The van der Waals surface area contributed by atoms with Gasteiger partial charge in [0.05, 0.1) is 17.1 Å². The van der Waals surface area contributed by atoms with Gasteiger partial charge in [-0.1, -0.05) is 12.1 Å². The molecule has 0 saturated carbocycles. The van der Waals surface area contributed by atoms with Crippen LogP contribution in [0.25, 0.3) is 0 Å². The van der Waals surface area contributed by atoms with Crippen molar-refractivity contribution >= 4 is 11.3 Å². The molecule has 0 aliphatic rings. The third-order valence-corrected chi connectivity index (χ3v) is 3.68. The van der Waals surface area contributed by atoms with E-state index in [9.17, 15) is 0 Å². The minimum Gasteiger partial charge on any atom is -0.339 e. The Bertz CT molecular complexity index is 508. The first-order valence-electron chi connectivity index (χ1n) is 6.63. The predicted molar refractivity (Wildman–Crippen MR) is 75.4 cm³/mol. The highest BCUT2D eigenvalue weighted by Gasteiger charge is 2.10. The minimum absolute atomic E-state index is 0.474. The molecule has 0 saturated heterocycles. The molecule has 0 fully saturated rings. The van der Waals surface area contributed by atoms with Crippen molar-refractivity contribution in [1.82, 2.24) is 20.4 Å². The molecule has 2 aromatic heterocycles. The fourth-order valence-corrected chi connectivity index (χ4v) is 2.52. The quantitative estimate of drug-likeness (QED) is 0.843. The summed E-state index contributed by atoms with van der Waals surface area (Å²) >= 11 is 1.64. The van der Waals surface area contributed by atoms with Crippen molar-refractivity contribution in [3.63, 3.8) is 0 Å². The van der Waals surface area contributed by atoms with Crippen molar-refractivity contribution in [1.29, 1.82) is 0 Å². The van der Waals surface area contributed by atoms with E-state index in [1.54, 1.807) is 11.3 Å². The van der Waals surface area contributed by atoms with Gasteiger partial charge in [0.1, 0.15) is 0 Å². The molecular formula is C13H20N4OS. The maximum absolute atomic E-state index is 5.26. The zero-order valence-corrected chi connectivity index (χ0v) is 12.5. The number of rotatable bonds is 7. The van der Waals surface area contributed by atoms with Gasteiger partial charge >= 0.3 is 0 Å². The molecule has 19 heavy (non-hydrogen) atoms. The van der Waals surface area contributed by atoms with Crippen LogP contribution in [0, 0.1) is 6.92 Å². The Morgan fingerprint density at radius 3 is 2.95 bits per heavy atom. The lowest BCUT2D eigenvalue weighted by Gasteiger charge is -2.09. The third kappa shape index (κ3) is 4.40. The highest BCUT2D eigenvalue weighted by atomic mass is 32.1. The van der Waals surface area contributed by atoms with Crippen LogP contribution in [0.2, 0.25) is 0 Å². The van der Waals surface area contributed by atoms with Crippen molar-refractivity contribution in [2.24, 2.45) is 0 Å². The van der Waals surface area contributed by atoms with Crippen LogP contribution in [0.5, 0.6) is 0 Å². The summed E-state index contributed by atoms with van der Waals surface area (Å²) in [4.78, 5) is 8.81. The Kier molecular flexibility index (Phi) is 5.04. The number of hydrogen-bond acceptors (Lipinski definition) is 6. The smallest absolute Gasteiger partial charge is 0.226 e. The summed E-state index contributed by atoms with van der Waals surface area (Å²) in [6, 6.07) is 0.474. The van der Waals surface area contributed by atoms with Gasteiger partial charge in [-0.2, -0.15) is 4.98 Å². The van der Waals surface area contributed by atoms with E-state index in [0.717, 1.165) is 35.9 Å². The highest BCUT2D eigenvalue weighted by Crippen LogP contribution is 2.12. The Hall–Kier alpha value is -1.27. The van der Waals surface area contributed by atoms with E-state index in [1.807, 2.05) is 12.3 Å². The second-order valence-electron chi connectivity index (χ2n) is 4.64. The van der Waals surface area contributed by atoms with Crippen LogP contribution in [-0.4, -0.2) is 27.7 Å². The molecule has 2 rings (SSSR count). The van der Waals surface area contributed by atoms with Crippen molar-refractivity contribution in [2.75, 3.05) is 6.54 Å². The molecule has 1 N–H and O–H groups in total. The summed E-state index contributed by atoms with van der Waals surface area (Å²) in [6.45, 7) is 7.26. The average molecular weight is 280 g/mol. The summed E-state index contributed by atoms with van der Waals surface area (Å²) in [5.74, 6) is 1.43. The standard InChI is InChI=1S/C13H20N4OS/c1-4-14-9(2)5-6-13-16-12(17-18-13)7-11-8-19-10(3)15-11/h8-9,14H,4-7H2,1-3H3. The van der Waals surface area contributed by atoms with Crippen molar-refractivity contribution in [3.05, 3.63) is 27.8 Å². The normalized spacial score (nSPS) is 12.8. The number of nitrogens with one attached hydrogen (secondary N) is 1. The topological polar surface area (TPSA) is 63.8 Å². The third-order valence-electron chi connectivity index (χ3n) is 2.86. The lowest BCUT2D eigenvalue weighted by Crippen LogP contribution is -2.25. The Morgan fingerprint density at radius 1 is 1.42 bits per heavy atom. The van der Waals surface area contributed by atoms with Crippen LogP contribution >= 0.6 is 11.3 Å². The molecule has 6 heteroatoms. The van der Waals surface area contributed by atoms with E-state index in [4.69, 9.17) is 4.52 Å². The van der Waals surface area contributed by atoms with E-state index in [1.165, 1.54) is 0 Å². The van der Waals surface area contributed by atoms with Gasteiger partial charge in [-0.3, -0.25) is 0 Å². The first-order chi connectivity index (χ1) is 9.17. The molecule has 0 spiro atoms. The summed E-state index contributed by atoms with van der Waals surface area (Å²) in [6.07, 6.45) is 2.47. The zero-order chi connectivity index (χ0) is 13.7. The molecule has 5 nitrogen and oxygen atoms in total. The number of nitrogens with zero attached hydrogens (tertiary/aromatic N) is 3. The van der Waals surface area contributed by atoms with E-state index >= 15 is 0 Å². The van der Waals surface area contributed by atoms with Gasteiger partial charge in [0.2, 0.25) is 5.89 Å². The predicted octanol–water partition coefficient (Wildman–Crippen LogP) is 2.36. The first-order valence-corrected chi connectivity index (χ1v) is 7.51. The molecule has 0 aromatic carbocycles. The maximum atomic E-state index is 5.26. The van der Waals surface area contributed by atoms with Crippen molar-refractivity contribution < 1.29 is 4.52 Å². The van der Waals surface area contributed by atoms with Crippen LogP contribution in [0.3, 0.4) is 0 Å². The van der Waals surface area contributed by atoms with Gasteiger partial charge in [0.25, 0.3) is 0 Å². The van der Waals surface area contributed by atoms with Gasteiger partial charge in [0, 0.05) is 17.8 Å². The van der Waals surface area contributed by atoms with Crippen LogP contribution in [0.1, 0.15) is 42.7 Å². The number of thiazole rings is 1. The van der Waals surface area contributed by atoms with Crippen LogP contribution in [-0.2, 0) is 12.8 Å². The largest absolute Gasteiger partial charge is 0.339 e. The van der Waals surface area contributed by atoms with Crippen LogP contribution < -0.4 is 5.32 Å². The molecule has 1 unspecified atom stereocenters. The second kappa shape index (κ2) is 6.77. The Labute approximate surface area is 117 Å². The molecule has 2 aromatic rings. The minimum atomic E-state index is 0.474. The van der Waals surface area contributed by atoms with Gasteiger partial charge in [-0.05, 0) is 26.8 Å². The molecule has 0 aliphatic carbocycles. The fraction of sp³-hybridized carbons (Fsp3) is 0.615. The molecule has 104 valence electrons. The van der Waals surface area contributed by atoms with E-state index in [0.29, 0.717) is 18.4 Å². The molecule has 0 amide bonds. The van der Waals surface area contributed by atoms with Gasteiger partial charge < -0.3 is 9.84 Å². The lowest BCUT2D eigenvalue weighted by atomic mass is 10.2. The molecule has 0 aliphatic heterocycles. The first kappa shape index (κ1) is 14.1. The van der Waals surface area contributed by atoms with Gasteiger partial charge in [-0.25, -0.2) is 4.98 Å². The number of aromatic nitrogens is 3. The summed E-state index contributed by atoms with van der Waals surface area (Å²) in [5, 5.41) is 10.5. The van der Waals surface area contributed by atoms with E-state index in [-0.39, 0.29) is 0 Å². The molecule has 0 radical (unpaired) electrons. The SMILES string of the molecule is CCNC(C)CCc1nc(Cc2csc(C)n2)no1. The van der Waals surface area contributed by atoms with Gasteiger partial charge in [-0.15, -0.1) is 11.3 Å². The van der Waals surface area contributed by atoms with E-state index in [2.05, 4.69) is 34.3 Å². The number of aryl methyl sites for hydroxylation is 2. The Morgan fingerprint density at radius 2 is 2.26 bits per heavy atom. The van der Waals surface area contributed by atoms with Crippen molar-refractivity contribution in [2.45, 2.75) is 46.1 Å². The fourth-order valence-electron chi connectivity index (χ4n) is 1.91. The second-order valence-corrected chi connectivity index (χ2v) is 5.70. The highest BCUT2D eigenvalue weighted by molar-refractivity contribution is 7.09. The zero-order valence-electron chi connectivity index (χ0n) is 11.6. The van der Waals surface area contributed by atoms with Gasteiger partial charge in [0.15, 0.2) is 5.82 Å². The van der Waals surface area contributed by atoms with E-state index < -0.39 is 0 Å². The molecular weight excluding hydrogens is 260 g/mol. The summed E-state index contributed by atoms with van der Waals surface area (Å²) in [5.41, 5.74) is 1.01. The number of hydrogen-bond donors (Lipinski definition) is 1. The lowest BCUT2D eigenvalue weighted by molar-refractivity contribution is 0.363. The molecule has 2 heterocycles. The maximum Gasteiger partial charge on any atom is 0.226 e. The summed E-state index contributed by atoms with van der Waals surface area (Å²) < 4.78 is 5.26. The Balaban J connectivity index is 1.85.